The zero-order chi connectivity index (χ0) is 39.6. The highest BCUT2D eigenvalue weighted by Gasteiger charge is 2.46. The summed E-state index contributed by atoms with van der Waals surface area (Å²) in [6.07, 6.45) is 0. The molecule has 0 bridgehead atoms. The Balaban J connectivity index is 1.07. The highest BCUT2D eigenvalue weighted by atomic mass is 15.1. The molecule has 9 aromatic rings. The molecule has 0 saturated heterocycles. The lowest BCUT2D eigenvalue weighted by molar-refractivity contribution is 0.660. The maximum Gasteiger partial charge on any atom is 0.0713 e. The van der Waals surface area contributed by atoms with E-state index in [2.05, 4.69) is 243 Å². The second-order valence-corrected chi connectivity index (χ2v) is 16.5. The topological polar surface area (TPSA) is 3.24 Å². The first-order chi connectivity index (χ1) is 29.0. The van der Waals surface area contributed by atoms with Gasteiger partial charge in [0.15, 0.2) is 0 Å². The number of benzene rings is 9. The molecule has 11 rings (SSSR count). The van der Waals surface area contributed by atoms with Gasteiger partial charge < -0.3 is 4.90 Å². The van der Waals surface area contributed by atoms with Gasteiger partial charge in [-0.3, -0.25) is 0 Å². The zero-order valence-electron chi connectivity index (χ0n) is 33.3. The first-order valence-electron chi connectivity index (χ1n) is 20.7. The maximum atomic E-state index is 2.44. The van der Waals surface area contributed by atoms with Crippen LogP contribution in [-0.2, 0) is 10.8 Å². The van der Waals surface area contributed by atoms with Gasteiger partial charge in [-0.15, -0.1) is 0 Å². The lowest BCUT2D eigenvalue weighted by Crippen LogP contribution is -2.28. The third-order valence-electron chi connectivity index (χ3n) is 13.0. The molecule has 1 heteroatoms. The molecular weight excluding hydrogens is 711 g/mol. The number of hydrogen-bond donors (Lipinski definition) is 0. The van der Waals surface area contributed by atoms with Crippen LogP contribution < -0.4 is 4.90 Å². The standard InChI is InChI=1S/C58H43N/c1-57(2)53-25-12-9-24-51(53)52-39-48(36-37-54(52)57)59(47-21-15-18-43(38-47)42-30-28-41(29-31-42)40-16-5-3-6-17-40)46-34-32-45(33-35-46)58(44-19-7-4-8-20-44)55-26-13-10-22-49(55)50-23-11-14-27-56(50)58/h3-39H,1-2H3. The van der Waals surface area contributed by atoms with E-state index < -0.39 is 5.41 Å². The van der Waals surface area contributed by atoms with Crippen molar-refractivity contribution in [2.75, 3.05) is 4.90 Å². The van der Waals surface area contributed by atoms with Crippen LogP contribution >= 0.6 is 0 Å². The van der Waals surface area contributed by atoms with Crippen molar-refractivity contribution in [2.24, 2.45) is 0 Å². The molecule has 0 aliphatic heterocycles. The molecule has 9 aromatic carbocycles. The van der Waals surface area contributed by atoms with Crippen LogP contribution in [0.25, 0.3) is 44.5 Å². The van der Waals surface area contributed by atoms with Gasteiger partial charge in [0.1, 0.15) is 0 Å². The van der Waals surface area contributed by atoms with Gasteiger partial charge >= 0.3 is 0 Å². The summed E-state index contributed by atoms with van der Waals surface area (Å²) in [5.74, 6) is 0. The molecule has 0 unspecified atom stereocenters. The SMILES string of the molecule is CC1(C)c2ccccc2-c2cc(N(c3ccc(C4(c5ccccc5)c5ccccc5-c5ccccc54)cc3)c3cccc(-c4ccc(-c5ccccc5)cc4)c3)ccc21. The third-order valence-corrected chi connectivity index (χ3v) is 13.0. The highest BCUT2D eigenvalue weighted by Crippen LogP contribution is 2.56. The number of anilines is 3. The number of nitrogens with zero attached hydrogens (tertiary/aromatic N) is 1. The second-order valence-electron chi connectivity index (χ2n) is 16.5. The summed E-state index contributed by atoms with van der Waals surface area (Å²) in [6, 6.07) is 82.9. The minimum atomic E-state index is -0.452. The Hall–Kier alpha value is -7.22. The molecule has 2 aliphatic rings. The summed E-state index contributed by atoms with van der Waals surface area (Å²) >= 11 is 0. The lowest BCUT2D eigenvalue weighted by atomic mass is 9.68. The Morgan fingerprint density at radius 1 is 0.288 bits per heavy atom. The zero-order valence-corrected chi connectivity index (χ0v) is 33.3. The van der Waals surface area contributed by atoms with Crippen molar-refractivity contribution in [3.05, 3.63) is 258 Å². The van der Waals surface area contributed by atoms with Gasteiger partial charge in [-0.25, -0.2) is 0 Å². The van der Waals surface area contributed by atoms with Crippen LogP contribution in [0.3, 0.4) is 0 Å². The summed E-state index contributed by atoms with van der Waals surface area (Å²) in [5, 5.41) is 0. The van der Waals surface area contributed by atoms with Gasteiger partial charge in [0.05, 0.1) is 5.41 Å². The fourth-order valence-corrected chi connectivity index (χ4v) is 10.2. The molecule has 0 atom stereocenters. The molecule has 0 spiro atoms. The van der Waals surface area contributed by atoms with E-state index in [4.69, 9.17) is 0 Å². The summed E-state index contributed by atoms with van der Waals surface area (Å²) in [6.45, 7) is 4.70. The van der Waals surface area contributed by atoms with Gasteiger partial charge in [-0.05, 0) is 114 Å². The minimum absolute atomic E-state index is 0.0671. The molecule has 59 heavy (non-hydrogen) atoms. The van der Waals surface area contributed by atoms with Crippen LogP contribution in [0.15, 0.2) is 224 Å². The number of rotatable bonds is 7. The van der Waals surface area contributed by atoms with Gasteiger partial charge in [0.25, 0.3) is 0 Å². The first-order valence-corrected chi connectivity index (χ1v) is 20.7. The molecule has 0 N–H and O–H groups in total. The van der Waals surface area contributed by atoms with E-state index in [0.29, 0.717) is 0 Å². The van der Waals surface area contributed by atoms with Crippen molar-refractivity contribution >= 4 is 17.1 Å². The van der Waals surface area contributed by atoms with E-state index in [1.54, 1.807) is 0 Å². The smallest absolute Gasteiger partial charge is 0.0713 e. The van der Waals surface area contributed by atoms with Crippen molar-refractivity contribution in [3.8, 4) is 44.5 Å². The highest BCUT2D eigenvalue weighted by molar-refractivity contribution is 5.89. The van der Waals surface area contributed by atoms with E-state index in [1.807, 2.05) is 0 Å². The fourth-order valence-electron chi connectivity index (χ4n) is 10.2. The molecule has 0 radical (unpaired) electrons. The molecule has 280 valence electrons. The Morgan fingerprint density at radius 3 is 1.37 bits per heavy atom. The van der Waals surface area contributed by atoms with Crippen molar-refractivity contribution in [2.45, 2.75) is 24.7 Å². The van der Waals surface area contributed by atoms with E-state index >= 15 is 0 Å². The van der Waals surface area contributed by atoms with Crippen molar-refractivity contribution < 1.29 is 0 Å². The summed E-state index contributed by atoms with van der Waals surface area (Å²) in [4.78, 5) is 2.44. The second kappa shape index (κ2) is 13.7. The van der Waals surface area contributed by atoms with Crippen molar-refractivity contribution in [1.82, 2.24) is 0 Å². The predicted octanol–water partition coefficient (Wildman–Crippen LogP) is 15.2. The summed E-state index contributed by atoms with van der Waals surface area (Å²) < 4.78 is 0. The van der Waals surface area contributed by atoms with Crippen LogP contribution in [0, 0.1) is 0 Å². The Kier molecular flexibility index (Phi) is 8.13. The molecular formula is C58H43N. The van der Waals surface area contributed by atoms with Crippen molar-refractivity contribution in [1.29, 1.82) is 0 Å². The third kappa shape index (κ3) is 5.46. The molecule has 0 aromatic heterocycles. The van der Waals surface area contributed by atoms with E-state index in [1.165, 1.54) is 77.9 Å². The molecule has 0 fully saturated rings. The Morgan fingerprint density at radius 2 is 0.729 bits per heavy atom. The van der Waals surface area contributed by atoms with Crippen LogP contribution in [-0.4, -0.2) is 0 Å². The van der Waals surface area contributed by atoms with Crippen molar-refractivity contribution in [3.63, 3.8) is 0 Å². The van der Waals surface area contributed by atoms with Crippen LogP contribution in [0.4, 0.5) is 17.1 Å². The lowest BCUT2D eigenvalue weighted by Gasteiger charge is -2.34. The van der Waals surface area contributed by atoms with Crippen LogP contribution in [0.5, 0.6) is 0 Å². The normalized spacial score (nSPS) is 13.9. The Labute approximate surface area is 347 Å². The van der Waals surface area contributed by atoms with E-state index in [0.717, 1.165) is 17.1 Å². The average Bonchev–Trinajstić information content (AvgIpc) is 3.73. The summed E-state index contributed by atoms with van der Waals surface area (Å²) in [7, 11) is 0. The monoisotopic (exact) mass is 753 g/mol. The number of hydrogen-bond acceptors (Lipinski definition) is 1. The minimum Gasteiger partial charge on any atom is -0.310 e. The van der Waals surface area contributed by atoms with Gasteiger partial charge in [-0.1, -0.05) is 202 Å². The maximum absolute atomic E-state index is 2.44. The molecule has 1 nitrogen and oxygen atoms in total. The van der Waals surface area contributed by atoms with Gasteiger partial charge in [0, 0.05) is 22.5 Å². The molecule has 2 aliphatic carbocycles. The largest absolute Gasteiger partial charge is 0.310 e. The summed E-state index contributed by atoms with van der Waals surface area (Å²) in [5.41, 5.74) is 20.8. The van der Waals surface area contributed by atoms with Crippen LogP contribution in [0.1, 0.15) is 47.2 Å². The van der Waals surface area contributed by atoms with Gasteiger partial charge in [0.2, 0.25) is 0 Å². The Bertz CT molecular complexity index is 2950. The van der Waals surface area contributed by atoms with Gasteiger partial charge in [-0.2, -0.15) is 0 Å². The number of fused-ring (bicyclic) bond motifs is 6. The van der Waals surface area contributed by atoms with E-state index in [-0.39, 0.29) is 5.41 Å². The van der Waals surface area contributed by atoms with E-state index in [9.17, 15) is 0 Å². The first kappa shape index (κ1) is 35.0. The molecule has 0 amide bonds. The quantitative estimate of drug-likeness (QED) is 0.157. The predicted molar refractivity (Wildman–Crippen MR) is 247 cm³/mol. The average molecular weight is 754 g/mol. The fraction of sp³-hybridized carbons (Fsp3) is 0.0690. The molecule has 0 saturated carbocycles. The molecule has 0 heterocycles. The van der Waals surface area contributed by atoms with Crippen LogP contribution in [0.2, 0.25) is 0 Å².